The minimum absolute atomic E-state index is 0.497. The summed E-state index contributed by atoms with van der Waals surface area (Å²) in [5.74, 6) is 0. The minimum Gasteiger partial charge on any atom is -0.398 e. The van der Waals surface area contributed by atoms with E-state index in [-0.39, 0.29) is 0 Å². The highest BCUT2D eigenvalue weighted by Crippen LogP contribution is 2.52. The Hall–Kier alpha value is -9.18. The molecule has 5 aromatic rings. The molecule has 0 saturated carbocycles. The lowest BCUT2D eigenvalue weighted by Crippen LogP contribution is -2.25. The van der Waals surface area contributed by atoms with Crippen LogP contribution in [-0.2, 0) is 0 Å². The van der Waals surface area contributed by atoms with Gasteiger partial charge in [-0.2, -0.15) is 42.1 Å². The topological polar surface area (TPSA) is 255 Å². The summed E-state index contributed by atoms with van der Waals surface area (Å²) in [5.41, 5.74) is 27.7. The highest BCUT2D eigenvalue weighted by atomic mass is 15.1. The summed E-state index contributed by atoms with van der Waals surface area (Å²) >= 11 is 0. The first kappa shape index (κ1) is 65.6. The standard InChI is InChI=1S/C70H84N14/c71-41-9-1-17-49-81(50-18-2-10-42-72)61-33-25-57(26-34-61)65-66(58-27-35-62(36-28-58)82(51-19-3-11-43-73)52-20-4-12-44-74)70(80)68(60-31-39-64(40-32-60)84(55-23-7-15-47-77)56-24-8-16-48-78)67(69(65)79)59-29-37-63(38-30-59)83(53-21-5-13-45-75)54-22-6-14-46-76/h25-40H,1-24,49-56,79-80H2. The van der Waals surface area contributed by atoms with Crippen molar-refractivity contribution < 1.29 is 0 Å². The first-order valence-electron chi connectivity index (χ1n) is 30.4. The molecule has 5 aromatic carbocycles. The third-order valence-corrected chi connectivity index (χ3v) is 15.4. The molecule has 0 aliphatic rings. The van der Waals surface area contributed by atoms with Crippen LogP contribution in [0.5, 0.6) is 0 Å². The van der Waals surface area contributed by atoms with Gasteiger partial charge in [-0.3, -0.25) is 0 Å². The van der Waals surface area contributed by atoms with Crippen LogP contribution in [-0.4, -0.2) is 52.4 Å². The third kappa shape index (κ3) is 20.7. The van der Waals surface area contributed by atoms with Gasteiger partial charge >= 0.3 is 0 Å². The number of nitrogen functional groups attached to an aromatic ring is 2. The van der Waals surface area contributed by atoms with Crippen molar-refractivity contribution in [1.82, 2.24) is 0 Å². The van der Waals surface area contributed by atoms with E-state index in [2.05, 4.69) is 165 Å². The zero-order valence-corrected chi connectivity index (χ0v) is 49.4. The number of rotatable bonds is 40. The summed E-state index contributed by atoms with van der Waals surface area (Å²) in [7, 11) is 0. The number of benzene rings is 5. The monoisotopic (exact) mass is 1120 g/mol. The maximum absolute atomic E-state index is 9.30. The van der Waals surface area contributed by atoms with Gasteiger partial charge in [0.1, 0.15) is 0 Å². The second kappa shape index (κ2) is 38.5. The number of nitriles is 8. The Morgan fingerprint density at radius 2 is 0.369 bits per heavy atom. The molecular formula is C70H84N14. The smallest absolute Gasteiger partial charge is 0.0621 e. The molecule has 0 radical (unpaired) electrons. The number of hydrogen-bond donors (Lipinski definition) is 2. The molecule has 0 atom stereocenters. The van der Waals surface area contributed by atoms with Gasteiger partial charge in [-0.05, 0) is 174 Å². The lowest BCUT2D eigenvalue weighted by molar-refractivity contribution is 0.656. The SMILES string of the molecule is N#CCCCCN(CCCCC#N)c1ccc(-c2c(N)c(-c3ccc(N(CCCCC#N)CCCCC#N)cc3)c(-c3ccc(N(CCCCC#N)CCCCC#N)cc3)c(N)c2-c2ccc(N(CCCCC#N)CCCCC#N)cc2)cc1. The lowest BCUT2D eigenvalue weighted by Gasteiger charge is -2.28. The molecule has 0 bridgehead atoms. The van der Waals surface area contributed by atoms with Crippen LogP contribution in [0.25, 0.3) is 44.5 Å². The van der Waals surface area contributed by atoms with Gasteiger partial charge in [-0.15, -0.1) is 0 Å². The maximum Gasteiger partial charge on any atom is 0.0621 e. The van der Waals surface area contributed by atoms with Gasteiger partial charge in [0.2, 0.25) is 0 Å². The molecule has 0 fully saturated rings. The zero-order chi connectivity index (χ0) is 60.0. The molecule has 14 heteroatoms. The number of hydrogen-bond acceptors (Lipinski definition) is 14. The first-order valence-corrected chi connectivity index (χ1v) is 30.4. The molecule has 4 N–H and O–H groups in total. The average Bonchev–Trinajstić information content (AvgIpc) is 1.34. The average molecular weight is 1120 g/mol. The molecular weight excluding hydrogens is 1040 g/mol. The van der Waals surface area contributed by atoms with Crippen LogP contribution in [0.2, 0.25) is 0 Å². The Balaban J connectivity index is 1.78. The Labute approximate surface area is 501 Å². The summed E-state index contributed by atoms with van der Waals surface area (Å²) < 4.78 is 0. The summed E-state index contributed by atoms with van der Waals surface area (Å²) in [6, 6.07) is 52.3. The Morgan fingerprint density at radius 3 is 0.500 bits per heavy atom. The van der Waals surface area contributed by atoms with E-state index in [0.717, 1.165) is 222 Å². The summed E-state index contributed by atoms with van der Waals surface area (Å²) in [6.07, 6.45) is 17.3. The van der Waals surface area contributed by atoms with Crippen molar-refractivity contribution in [3.63, 3.8) is 0 Å². The van der Waals surface area contributed by atoms with E-state index in [1.807, 2.05) is 0 Å². The van der Waals surface area contributed by atoms with Crippen molar-refractivity contribution in [1.29, 1.82) is 42.1 Å². The molecule has 0 saturated heterocycles. The Morgan fingerprint density at radius 1 is 0.226 bits per heavy atom. The van der Waals surface area contributed by atoms with Gasteiger partial charge in [0.25, 0.3) is 0 Å². The number of nitrogens with two attached hydrogens (primary N) is 2. The molecule has 434 valence electrons. The fourth-order valence-electron chi connectivity index (χ4n) is 10.9. The van der Waals surface area contributed by atoms with E-state index < -0.39 is 0 Å². The molecule has 0 spiro atoms. The van der Waals surface area contributed by atoms with Gasteiger partial charge in [0, 0.05) is 160 Å². The molecule has 5 rings (SSSR count). The molecule has 14 nitrogen and oxygen atoms in total. The van der Waals surface area contributed by atoms with Gasteiger partial charge in [0.15, 0.2) is 0 Å². The van der Waals surface area contributed by atoms with E-state index >= 15 is 0 Å². The lowest BCUT2D eigenvalue weighted by atomic mass is 9.82. The van der Waals surface area contributed by atoms with Crippen molar-refractivity contribution >= 4 is 34.1 Å². The quantitative estimate of drug-likeness (QED) is 0.0273. The first-order chi connectivity index (χ1) is 41.3. The van der Waals surface area contributed by atoms with E-state index in [0.29, 0.717) is 62.7 Å². The zero-order valence-electron chi connectivity index (χ0n) is 49.4. The highest BCUT2D eigenvalue weighted by Gasteiger charge is 2.26. The predicted molar refractivity (Wildman–Crippen MR) is 342 cm³/mol. The van der Waals surface area contributed by atoms with Crippen LogP contribution in [0.3, 0.4) is 0 Å². The second-order valence-electron chi connectivity index (χ2n) is 21.4. The van der Waals surface area contributed by atoms with Crippen LogP contribution >= 0.6 is 0 Å². The van der Waals surface area contributed by atoms with Crippen LogP contribution in [0.15, 0.2) is 97.1 Å². The number of unbranched alkanes of at least 4 members (excludes halogenated alkanes) is 16. The van der Waals surface area contributed by atoms with Crippen molar-refractivity contribution in [3.8, 4) is 93.1 Å². The molecule has 0 amide bonds. The Bertz CT molecular complexity index is 2600. The van der Waals surface area contributed by atoms with E-state index in [9.17, 15) is 42.1 Å². The maximum atomic E-state index is 9.30. The molecule has 0 aliphatic carbocycles. The number of anilines is 6. The summed E-state index contributed by atoms with van der Waals surface area (Å²) in [5, 5.41) is 74.4. The van der Waals surface area contributed by atoms with E-state index in [1.54, 1.807) is 0 Å². The van der Waals surface area contributed by atoms with Gasteiger partial charge in [-0.25, -0.2) is 0 Å². The summed E-state index contributed by atoms with van der Waals surface area (Å²) in [4.78, 5) is 9.38. The van der Waals surface area contributed by atoms with Gasteiger partial charge in [0.05, 0.1) is 48.6 Å². The highest BCUT2D eigenvalue weighted by molar-refractivity contribution is 6.12. The van der Waals surface area contributed by atoms with Crippen LogP contribution in [0.4, 0.5) is 34.1 Å². The van der Waals surface area contributed by atoms with Crippen LogP contribution < -0.4 is 31.1 Å². The molecule has 0 aliphatic heterocycles. The fourth-order valence-corrected chi connectivity index (χ4v) is 10.9. The molecule has 0 heterocycles. The van der Waals surface area contributed by atoms with Crippen molar-refractivity contribution in [2.45, 2.75) is 154 Å². The third-order valence-electron chi connectivity index (χ3n) is 15.4. The van der Waals surface area contributed by atoms with E-state index in [1.165, 1.54) is 0 Å². The van der Waals surface area contributed by atoms with Crippen LogP contribution in [0.1, 0.15) is 154 Å². The van der Waals surface area contributed by atoms with Crippen LogP contribution in [0, 0.1) is 90.6 Å². The largest absolute Gasteiger partial charge is 0.398 e. The Kier molecular flexibility index (Phi) is 30.1. The molecule has 84 heavy (non-hydrogen) atoms. The molecule has 0 aromatic heterocycles. The fraction of sp³-hybridized carbons (Fsp3) is 0.457. The molecule has 0 unspecified atom stereocenters. The van der Waals surface area contributed by atoms with Gasteiger partial charge < -0.3 is 31.1 Å². The minimum atomic E-state index is 0.497. The number of nitrogens with zero attached hydrogens (tertiary/aromatic N) is 12. The van der Waals surface area contributed by atoms with Gasteiger partial charge in [-0.1, -0.05) is 48.5 Å². The van der Waals surface area contributed by atoms with Crippen molar-refractivity contribution in [3.05, 3.63) is 97.1 Å². The van der Waals surface area contributed by atoms with E-state index in [4.69, 9.17) is 11.5 Å². The van der Waals surface area contributed by atoms with Crippen molar-refractivity contribution in [2.24, 2.45) is 0 Å². The van der Waals surface area contributed by atoms with Crippen molar-refractivity contribution in [2.75, 3.05) is 83.4 Å². The summed E-state index contributed by atoms with van der Waals surface area (Å²) in [6.45, 7) is 6.21. The predicted octanol–water partition coefficient (Wildman–Crippen LogP) is 16.3. The second-order valence-corrected chi connectivity index (χ2v) is 21.4. The normalized spacial score (nSPS) is 10.5.